The number of rotatable bonds is 4. The normalized spacial score (nSPS) is 16.5. The predicted molar refractivity (Wildman–Crippen MR) is 113 cm³/mol. The maximum atomic E-state index is 12.8. The number of benzene rings is 1. The fourth-order valence-corrected chi connectivity index (χ4v) is 4.45. The number of piperidine rings is 1. The minimum Gasteiger partial charge on any atom is -0.339 e. The summed E-state index contributed by atoms with van der Waals surface area (Å²) < 4.78 is 0. The van der Waals surface area contributed by atoms with Gasteiger partial charge in [0.15, 0.2) is 0 Å². The SMILES string of the molecule is CN(C)C(=O)Sc1ccccc1NC(=O)C1CCCN(C(=O)c2cccs2)C1. The van der Waals surface area contributed by atoms with Gasteiger partial charge in [-0.2, -0.15) is 0 Å². The molecule has 1 unspecified atom stereocenters. The molecule has 1 fully saturated rings. The minimum absolute atomic E-state index is 0.0139. The van der Waals surface area contributed by atoms with Crippen LogP contribution in [0.25, 0.3) is 0 Å². The van der Waals surface area contributed by atoms with E-state index in [4.69, 9.17) is 0 Å². The lowest BCUT2D eigenvalue weighted by molar-refractivity contribution is -0.121. The molecule has 0 aliphatic carbocycles. The van der Waals surface area contributed by atoms with Gasteiger partial charge in [0.25, 0.3) is 11.1 Å². The van der Waals surface area contributed by atoms with Gasteiger partial charge in [-0.25, -0.2) is 0 Å². The van der Waals surface area contributed by atoms with Gasteiger partial charge in [-0.1, -0.05) is 18.2 Å². The molecule has 6 nitrogen and oxygen atoms in total. The number of amides is 3. The van der Waals surface area contributed by atoms with Crippen LogP contribution in [0.4, 0.5) is 10.5 Å². The van der Waals surface area contributed by atoms with Crippen molar-refractivity contribution in [1.82, 2.24) is 9.80 Å². The second kappa shape index (κ2) is 9.25. The van der Waals surface area contributed by atoms with Crippen molar-refractivity contribution < 1.29 is 14.4 Å². The van der Waals surface area contributed by atoms with E-state index in [2.05, 4.69) is 5.32 Å². The Morgan fingerprint density at radius 1 is 1.18 bits per heavy atom. The lowest BCUT2D eigenvalue weighted by Gasteiger charge is -2.32. The highest BCUT2D eigenvalue weighted by Gasteiger charge is 2.29. The number of nitrogens with one attached hydrogen (secondary N) is 1. The molecular formula is C20H23N3O3S2. The molecule has 8 heteroatoms. The fraction of sp³-hybridized carbons (Fsp3) is 0.350. The van der Waals surface area contributed by atoms with Crippen molar-refractivity contribution in [1.29, 1.82) is 0 Å². The molecule has 0 saturated carbocycles. The summed E-state index contributed by atoms with van der Waals surface area (Å²) in [7, 11) is 3.38. The van der Waals surface area contributed by atoms with E-state index in [1.165, 1.54) is 16.2 Å². The van der Waals surface area contributed by atoms with Gasteiger partial charge in [-0.05, 0) is 48.2 Å². The first-order valence-electron chi connectivity index (χ1n) is 9.07. The molecule has 2 aromatic rings. The zero-order chi connectivity index (χ0) is 20.1. The number of carbonyl (C=O) groups is 3. The largest absolute Gasteiger partial charge is 0.339 e. The van der Waals surface area contributed by atoms with Crippen LogP contribution in [0.3, 0.4) is 0 Å². The molecule has 1 N–H and O–H groups in total. The molecule has 1 atom stereocenters. The van der Waals surface area contributed by atoms with Gasteiger partial charge in [0.2, 0.25) is 5.91 Å². The summed E-state index contributed by atoms with van der Waals surface area (Å²) in [5.74, 6) is -0.394. The molecule has 0 radical (unpaired) electrons. The molecule has 1 aliphatic heterocycles. The van der Waals surface area contributed by atoms with Crippen molar-refractivity contribution in [2.75, 3.05) is 32.5 Å². The molecular weight excluding hydrogens is 394 g/mol. The molecule has 2 heterocycles. The summed E-state index contributed by atoms with van der Waals surface area (Å²) in [6, 6.07) is 10.9. The molecule has 0 spiro atoms. The van der Waals surface area contributed by atoms with Gasteiger partial charge < -0.3 is 15.1 Å². The van der Waals surface area contributed by atoms with Crippen LogP contribution in [-0.2, 0) is 4.79 Å². The van der Waals surface area contributed by atoms with E-state index in [0.717, 1.165) is 24.6 Å². The Hall–Kier alpha value is -2.32. The average Bonchev–Trinajstić information content (AvgIpc) is 3.23. The zero-order valence-corrected chi connectivity index (χ0v) is 17.5. The van der Waals surface area contributed by atoms with Crippen LogP contribution in [0.5, 0.6) is 0 Å². The van der Waals surface area contributed by atoms with Gasteiger partial charge in [-0.3, -0.25) is 14.4 Å². The van der Waals surface area contributed by atoms with Crippen molar-refractivity contribution in [2.24, 2.45) is 5.92 Å². The monoisotopic (exact) mass is 417 g/mol. The number of likely N-dealkylation sites (tertiary alicyclic amines) is 1. The maximum absolute atomic E-state index is 12.8. The highest BCUT2D eigenvalue weighted by molar-refractivity contribution is 8.13. The predicted octanol–water partition coefficient (Wildman–Crippen LogP) is 4.01. The topological polar surface area (TPSA) is 69.7 Å². The molecule has 1 saturated heterocycles. The summed E-state index contributed by atoms with van der Waals surface area (Å²) in [6.45, 7) is 1.08. The van der Waals surface area contributed by atoms with Crippen molar-refractivity contribution in [2.45, 2.75) is 17.7 Å². The van der Waals surface area contributed by atoms with E-state index in [9.17, 15) is 14.4 Å². The third-order valence-electron chi connectivity index (χ3n) is 4.52. The molecule has 1 aromatic heterocycles. The van der Waals surface area contributed by atoms with E-state index in [0.29, 0.717) is 28.5 Å². The van der Waals surface area contributed by atoms with Crippen LogP contribution >= 0.6 is 23.1 Å². The number of hydrogen-bond donors (Lipinski definition) is 1. The Balaban J connectivity index is 1.66. The summed E-state index contributed by atoms with van der Waals surface area (Å²) in [4.78, 5) is 42.1. The number of thiophene rings is 1. The van der Waals surface area contributed by atoms with E-state index in [1.807, 2.05) is 35.7 Å². The Morgan fingerprint density at radius 3 is 2.68 bits per heavy atom. The lowest BCUT2D eigenvalue weighted by atomic mass is 9.97. The third kappa shape index (κ3) is 4.94. The lowest BCUT2D eigenvalue weighted by Crippen LogP contribution is -2.43. The fourth-order valence-electron chi connectivity index (χ4n) is 3.01. The van der Waals surface area contributed by atoms with E-state index >= 15 is 0 Å². The van der Waals surface area contributed by atoms with Crippen molar-refractivity contribution in [3.05, 3.63) is 46.7 Å². The number of carbonyl (C=O) groups excluding carboxylic acids is 3. The minimum atomic E-state index is -0.264. The van der Waals surface area contributed by atoms with Crippen LogP contribution in [0, 0.1) is 5.92 Å². The quantitative estimate of drug-likeness (QED) is 0.763. The van der Waals surface area contributed by atoms with Gasteiger partial charge in [0.05, 0.1) is 16.5 Å². The van der Waals surface area contributed by atoms with E-state index in [-0.39, 0.29) is 23.0 Å². The van der Waals surface area contributed by atoms with Crippen LogP contribution in [0.2, 0.25) is 0 Å². The Kier molecular flexibility index (Phi) is 6.74. The second-order valence-electron chi connectivity index (χ2n) is 6.82. The van der Waals surface area contributed by atoms with Crippen LogP contribution < -0.4 is 5.32 Å². The molecule has 3 amide bonds. The first-order valence-corrected chi connectivity index (χ1v) is 10.8. The molecule has 28 heavy (non-hydrogen) atoms. The summed E-state index contributed by atoms with van der Waals surface area (Å²) in [5, 5.41) is 4.73. The second-order valence-corrected chi connectivity index (χ2v) is 8.76. The summed E-state index contributed by atoms with van der Waals surface area (Å²) >= 11 is 2.50. The zero-order valence-electron chi connectivity index (χ0n) is 15.9. The Bertz CT molecular complexity index is 852. The van der Waals surface area contributed by atoms with Crippen LogP contribution in [0.1, 0.15) is 22.5 Å². The molecule has 1 aromatic carbocycles. The number of anilines is 1. The standard InChI is InChI=1S/C20H23N3O3S2/c1-22(2)20(26)28-16-9-4-3-8-15(16)21-18(24)14-7-5-11-23(13-14)19(25)17-10-6-12-27-17/h3-4,6,8-10,12,14H,5,7,11,13H2,1-2H3,(H,21,24). The summed E-state index contributed by atoms with van der Waals surface area (Å²) in [6.07, 6.45) is 1.54. The third-order valence-corrected chi connectivity index (χ3v) is 6.49. The molecule has 1 aliphatic rings. The molecule has 0 bridgehead atoms. The van der Waals surface area contributed by atoms with Crippen molar-refractivity contribution in [3.63, 3.8) is 0 Å². The van der Waals surface area contributed by atoms with E-state index < -0.39 is 0 Å². The van der Waals surface area contributed by atoms with Crippen LogP contribution in [0.15, 0.2) is 46.7 Å². The highest BCUT2D eigenvalue weighted by Crippen LogP contribution is 2.30. The number of hydrogen-bond acceptors (Lipinski definition) is 5. The average molecular weight is 418 g/mol. The van der Waals surface area contributed by atoms with Gasteiger partial charge in [-0.15, -0.1) is 11.3 Å². The Labute approximate surface area is 172 Å². The first-order chi connectivity index (χ1) is 13.5. The van der Waals surface area contributed by atoms with Crippen molar-refractivity contribution in [3.8, 4) is 0 Å². The highest BCUT2D eigenvalue weighted by atomic mass is 32.2. The first kappa shape index (κ1) is 20.4. The maximum Gasteiger partial charge on any atom is 0.286 e. The number of para-hydroxylation sites is 1. The molecule has 148 valence electrons. The van der Waals surface area contributed by atoms with Gasteiger partial charge >= 0.3 is 0 Å². The smallest absolute Gasteiger partial charge is 0.286 e. The van der Waals surface area contributed by atoms with Crippen LogP contribution in [-0.4, -0.2) is 54.0 Å². The Morgan fingerprint density at radius 2 is 1.96 bits per heavy atom. The van der Waals surface area contributed by atoms with Crippen molar-refractivity contribution >= 4 is 45.8 Å². The van der Waals surface area contributed by atoms with E-state index in [1.54, 1.807) is 25.1 Å². The van der Waals surface area contributed by atoms with Gasteiger partial charge in [0.1, 0.15) is 0 Å². The number of thioether (sulfide) groups is 1. The summed E-state index contributed by atoms with van der Waals surface area (Å²) in [5.41, 5.74) is 0.620. The molecule has 3 rings (SSSR count). The van der Waals surface area contributed by atoms with Gasteiger partial charge in [0, 0.05) is 32.1 Å². The number of nitrogens with zero attached hydrogens (tertiary/aromatic N) is 2.